The van der Waals surface area contributed by atoms with E-state index in [0.29, 0.717) is 5.52 Å². The van der Waals surface area contributed by atoms with Crippen LogP contribution in [-0.4, -0.2) is 40.3 Å². The number of carbonyl (C=O) groups excluding carboxylic acids is 3. The maximum atomic E-state index is 12.5. The van der Waals surface area contributed by atoms with E-state index in [1.807, 2.05) is 13.8 Å². The van der Waals surface area contributed by atoms with E-state index in [1.54, 1.807) is 28.8 Å². The number of nitrogens with zero attached hydrogens (tertiary/aromatic N) is 2. The molecule has 2 heterocycles. The highest BCUT2D eigenvalue weighted by molar-refractivity contribution is 5.99. The summed E-state index contributed by atoms with van der Waals surface area (Å²) in [6, 6.07) is 4.49. The number of pyridine rings is 1. The number of aromatic nitrogens is 2. The van der Waals surface area contributed by atoms with Gasteiger partial charge in [-0.25, -0.2) is 9.78 Å². The van der Waals surface area contributed by atoms with Gasteiger partial charge in [0.1, 0.15) is 6.04 Å². The molecule has 0 saturated heterocycles. The van der Waals surface area contributed by atoms with Gasteiger partial charge in [-0.3, -0.25) is 19.3 Å². The summed E-state index contributed by atoms with van der Waals surface area (Å²) in [5.74, 6) is -1.23. The van der Waals surface area contributed by atoms with Crippen molar-refractivity contribution in [1.82, 2.24) is 14.7 Å². The van der Waals surface area contributed by atoms with Crippen LogP contribution < -0.4 is 10.6 Å². The molecule has 8 heteroatoms. The Bertz CT molecular complexity index is 781. The van der Waals surface area contributed by atoms with Crippen molar-refractivity contribution < 1.29 is 19.1 Å². The van der Waals surface area contributed by atoms with Crippen LogP contribution in [0.2, 0.25) is 0 Å². The van der Waals surface area contributed by atoms with Crippen molar-refractivity contribution in [2.45, 2.75) is 26.8 Å². The van der Waals surface area contributed by atoms with Crippen molar-refractivity contribution in [2.24, 2.45) is 5.92 Å². The van der Waals surface area contributed by atoms with E-state index in [0.717, 1.165) is 0 Å². The Morgan fingerprint density at radius 2 is 1.96 bits per heavy atom. The largest absolute Gasteiger partial charge is 0.464 e. The van der Waals surface area contributed by atoms with Crippen molar-refractivity contribution in [3.05, 3.63) is 30.1 Å². The molecular weight excluding hydrogens is 312 g/mol. The molecule has 24 heavy (non-hydrogen) atoms. The summed E-state index contributed by atoms with van der Waals surface area (Å²) in [7, 11) is 1.26. The predicted octanol–water partition coefficient (Wildman–Crippen LogP) is 1.22. The van der Waals surface area contributed by atoms with Crippen LogP contribution in [0.25, 0.3) is 5.52 Å². The highest BCUT2D eigenvalue weighted by Crippen LogP contribution is 2.18. The van der Waals surface area contributed by atoms with E-state index in [2.05, 4.69) is 15.6 Å². The van der Waals surface area contributed by atoms with Crippen LogP contribution in [0.4, 0.5) is 5.95 Å². The van der Waals surface area contributed by atoms with E-state index >= 15 is 0 Å². The Morgan fingerprint density at radius 3 is 2.54 bits per heavy atom. The molecular formula is C16H20N4O4. The molecule has 0 aliphatic rings. The van der Waals surface area contributed by atoms with Gasteiger partial charge >= 0.3 is 5.97 Å². The number of fused-ring (bicyclic) bond motifs is 1. The Hall–Kier alpha value is -2.90. The molecule has 0 radical (unpaired) electrons. The van der Waals surface area contributed by atoms with Crippen molar-refractivity contribution in [1.29, 1.82) is 0 Å². The predicted molar refractivity (Wildman–Crippen MR) is 87.6 cm³/mol. The highest BCUT2D eigenvalue weighted by Gasteiger charge is 2.25. The maximum absolute atomic E-state index is 12.5. The molecule has 0 spiro atoms. The Labute approximate surface area is 139 Å². The Kier molecular flexibility index (Phi) is 5.18. The molecule has 0 aliphatic carbocycles. The number of esters is 1. The molecule has 0 aliphatic heterocycles. The van der Waals surface area contributed by atoms with Crippen LogP contribution in [0.5, 0.6) is 0 Å². The minimum absolute atomic E-state index is 0.106. The molecule has 0 unspecified atom stereocenters. The van der Waals surface area contributed by atoms with Crippen LogP contribution in [0.3, 0.4) is 0 Å². The molecule has 128 valence electrons. The molecule has 0 saturated carbocycles. The lowest BCUT2D eigenvalue weighted by atomic mass is 10.0. The molecule has 0 bridgehead atoms. The van der Waals surface area contributed by atoms with Gasteiger partial charge in [-0.15, -0.1) is 0 Å². The van der Waals surface area contributed by atoms with Gasteiger partial charge in [-0.1, -0.05) is 19.9 Å². The van der Waals surface area contributed by atoms with E-state index in [-0.39, 0.29) is 23.5 Å². The van der Waals surface area contributed by atoms with Crippen LogP contribution in [0.1, 0.15) is 31.3 Å². The van der Waals surface area contributed by atoms with Crippen LogP contribution >= 0.6 is 0 Å². The lowest BCUT2D eigenvalue weighted by molar-refractivity contribution is -0.126. The number of nitrogens with one attached hydrogen (secondary N) is 2. The number of methoxy groups -OCH3 is 1. The van der Waals surface area contributed by atoms with Crippen LogP contribution in [0, 0.1) is 5.92 Å². The SMILES string of the molecule is COC(=O)c1nc(NC(=O)[C@H](NC(C)=O)C(C)C)n2ccccc12. The first kappa shape index (κ1) is 17.5. The van der Waals surface area contributed by atoms with Gasteiger partial charge in [-0.2, -0.15) is 0 Å². The summed E-state index contributed by atoms with van der Waals surface area (Å²) in [5, 5.41) is 5.27. The normalized spacial score (nSPS) is 12.0. The third-order valence-corrected chi connectivity index (χ3v) is 3.47. The Balaban J connectivity index is 2.37. The fourth-order valence-corrected chi connectivity index (χ4v) is 2.31. The molecule has 2 rings (SSSR count). The van der Waals surface area contributed by atoms with Gasteiger partial charge in [0.25, 0.3) is 0 Å². The van der Waals surface area contributed by atoms with Crippen molar-refractivity contribution in [2.75, 3.05) is 12.4 Å². The number of anilines is 1. The quantitative estimate of drug-likeness (QED) is 0.802. The second kappa shape index (κ2) is 7.12. The Morgan fingerprint density at radius 1 is 1.25 bits per heavy atom. The zero-order valence-corrected chi connectivity index (χ0v) is 14.0. The smallest absolute Gasteiger partial charge is 0.359 e. The first-order chi connectivity index (χ1) is 11.3. The van der Waals surface area contributed by atoms with E-state index in [4.69, 9.17) is 4.74 Å². The third-order valence-electron chi connectivity index (χ3n) is 3.47. The number of hydrogen-bond donors (Lipinski definition) is 2. The number of ether oxygens (including phenoxy) is 1. The average Bonchev–Trinajstić information content (AvgIpc) is 2.90. The molecule has 2 aromatic rings. The van der Waals surface area contributed by atoms with Gasteiger partial charge in [0, 0.05) is 13.1 Å². The van der Waals surface area contributed by atoms with Crippen LogP contribution in [-0.2, 0) is 14.3 Å². The van der Waals surface area contributed by atoms with Crippen molar-refractivity contribution in [3.63, 3.8) is 0 Å². The molecule has 2 aromatic heterocycles. The molecule has 2 amide bonds. The molecule has 0 fully saturated rings. The fourth-order valence-electron chi connectivity index (χ4n) is 2.31. The first-order valence-electron chi connectivity index (χ1n) is 7.48. The number of amides is 2. The van der Waals surface area contributed by atoms with Crippen molar-refractivity contribution >= 4 is 29.2 Å². The lowest BCUT2D eigenvalue weighted by Crippen LogP contribution is -2.46. The summed E-state index contributed by atoms with van der Waals surface area (Å²) in [4.78, 5) is 39.8. The summed E-state index contributed by atoms with van der Waals surface area (Å²) in [6.07, 6.45) is 1.67. The highest BCUT2D eigenvalue weighted by atomic mass is 16.5. The fraction of sp³-hybridized carbons (Fsp3) is 0.375. The van der Waals surface area contributed by atoms with E-state index in [9.17, 15) is 14.4 Å². The maximum Gasteiger partial charge on any atom is 0.359 e. The van der Waals surface area contributed by atoms with Crippen LogP contribution in [0.15, 0.2) is 24.4 Å². The monoisotopic (exact) mass is 332 g/mol. The molecule has 1 atom stereocenters. The van der Waals surface area contributed by atoms with Crippen molar-refractivity contribution in [3.8, 4) is 0 Å². The molecule has 0 aromatic carbocycles. The summed E-state index contributed by atoms with van der Waals surface area (Å²) in [6.45, 7) is 5.00. The minimum Gasteiger partial charge on any atom is -0.464 e. The van der Waals surface area contributed by atoms with E-state index < -0.39 is 17.9 Å². The third kappa shape index (κ3) is 3.53. The summed E-state index contributed by atoms with van der Waals surface area (Å²) < 4.78 is 6.30. The van der Waals surface area contributed by atoms with Gasteiger partial charge < -0.3 is 10.1 Å². The summed E-state index contributed by atoms with van der Waals surface area (Å²) in [5.41, 5.74) is 0.620. The zero-order valence-electron chi connectivity index (χ0n) is 14.0. The second-order valence-corrected chi connectivity index (χ2v) is 5.64. The number of carbonyl (C=O) groups is 3. The van der Waals surface area contributed by atoms with Gasteiger partial charge in [0.05, 0.1) is 12.6 Å². The standard InChI is InChI=1S/C16H20N4O4/c1-9(2)12(17-10(3)21)14(22)19-16-18-13(15(23)24-4)11-7-5-6-8-20(11)16/h5-9,12H,1-4H3,(H,17,21)(H,18,19,22)/t12-/m1/s1. The first-order valence-corrected chi connectivity index (χ1v) is 7.48. The second-order valence-electron chi connectivity index (χ2n) is 5.64. The number of hydrogen-bond acceptors (Lipinski definition) is 5. The van der Waals surface area contributed by atoms with Gasteiger partial charge in [-0.05, 0) is 18.1 Å². The zero-order chi connectivity index (χ0) is 17.9. The average molecular weight is 332 g/mol. The number of imidazole rings is 1. The lowest BCUT2D eigenvalue weighted by Gasteiger charge is -2.20. The molecule has 2 N–H and O–H groups in total. The summed E-state index contributed by atoms with van der Waals surface area (Å²) >= 11 is 0. The minimum atomic E-state index is -0.708. The van der Waals surface area contributed by atoms with Gasteiger partial charge in [0.15, 0.2) is 5.69 Å². The van der Waals surface area contributed by atoms with Gasteiger partial charge in [0.2, 0.25) is 17.8 Å². The topological polar surface area (TPSA) is 102 Å². The molecule has 8 nitrogen and oxygen atoms in total. The number of rotatable bonds is 5. The van der Waals surface area contributed by atoms with E-state index in [1.165, 1.54) is 14.0 Å².